The van der Waals surface area contributed by atoms with E-state index in [0.717, 1.165) is 12.1 Å². The number of carbonyl (C=O) groups is 1. The number of rotatable bonds is 5. The van der Waals surface area contributed by atoms with Gasteiger partial charge in [0.15, 0.2) is 11.6 Å². The molecule has 0 radical (unpaired) electrons. The zero-order valence-corrected chi connectivity index (χ0v) is 9.54. The topological polar surface area (TPSA) is 49.3 Å². The van der Waals surface area contributed by atoms with E-state index in [-0.39, 0.29) is 18.9 Å². The van der Waals surface area contributed by atoms with E-state index in [1.165, 1.54) is 6.07 Å². The Morgan fingerprint density at radius 1 is 1.41 bits per heavy atom. The van der Waals surface area contributed by atoms with Crippen LogP contribution in [0.3, 0.4) is 0 Å². The molecule has 17 heavy (non-hydrogen) atoms. The molecule has 2 N–H and O–H groups in total. The Balaban J connectivity index is 2.48. The number of aliphatic hydroxyl groups is 1. The molecule has 1 unspecified atom stereocenters. The second-order valence-corrected chi connectivity index (χ2v) is 3.79. The number of hydrogen-bond acceptors (Lipinski definition) is 2. The van der Waals surface area contributed by atoms with Gasteiger partial charge in [0.1, 0.15) is 0 Å². The number of hydrogen-bond donors (Lipinski definition) is 2. The van der Waals surface area contributed by atoms with Gasteiger partial charge in [-0.15, -0.1) is 0 Å². The largest absolute Gasteiger partial charge is 0.391 e. The summed E-state index contributed by atoms with van der Waals surface area (Å²) in [6.07, 6.45) is -0.0667. The Hall–Kier alpha value is -1.49. The molecule has 0 heterocycles. The minimum atomic E-state index is -0.969. The molecule has 1 amide bonds. The first-order valence-electron chi connectivity index (χ1n) is 5.41. The maximum absolute atomic E-state index is 12.9. The summed E-state index contributed by atoms with van der Waals surface area (Å²) in [5, 5.41) is 11.7. The molecule has 0 spiro atoms. The lowest BCUT2D eigenvalue weighted by molar-refractivity contribution is -0.120. The minimum Gasteiger partial charge on any atom is -0.391 e. The predicted molar refractivity (Wildman–Crippen MR) is 59.4 cm³/mol. The lowest BCUT2D eigenvalue weighted by Gasteiger charge is -2.09. The molecule has 0 bridgehead atoms. The van der Waals surface area contributed by atoms with Crippen LogP contribution in [0.25, 0.3) is 0 Å². The number of halogens is 2. The molecule has 1 aromatic rings. The fourth-order valence-electron chi connectivity index (χ4n) is 1.27. The molecule has 3 nitrogen and oxygen atoms in total. The van der Waals surface area contributed by atoms with Crippen molar-refractivity contribution in [1.82, 2.24) is 5.32 Å². The molecule has 94 valence electrons. The van der Waals surface area contributed by atoms with Crippen LogP contribution in [0, 0.1) is 11.6 Å². The Bertz CT molecular complexity index is 396. The fraction of sp³-hybridized carbons (Fsp3) is 0.417. The van der Waals surface area contributed by atoms with Gasteiger partial charge < -0.3 is 10.4 Å². The number of aliphatic hydroxyl groups excluding tert-OH is 1. The summed E-state index contributed by atoms with van der Waals surface area (Å²) in [6, 6.07) is 3.33. The molecule has 1 rings (SSSR count). The van der Waals surface area contributed by atoms with E-state index >= 15 is 0 Å². The van der Waals surface area contributed by atoms with Gasteiger partial charge in [-0.2, -0.15) is 0 Å². The molecule has 0 saturated heterocycles. The molecule has 0 aliphatic carbocycles. The molecule has 0 aliphatic rings. The highest BCUT2D eigenvalue weighted by Crippen LogP contribution is 2.09. The Morgan fingerprint density at radius 3 is 2.71 bits per heavy atom. The lowest BCUT2D eigenvalue weighted by atomic mass is 10.1. The van der Waals surface area contributed by atoms with Gasteiger partial charge in [0.05, 0.1) is 12.5 Å². The third-order valence-electron chi connectivity index (χ3n) is 2.35. The van der Waals surface area contributed by atoms with Crippen molar-refractivity contribution in [2.75, 3.05) is 6.54 Å². The Labute approximate surface area is 98.5 Å². The van der Waals surface area contributed by atoms with Gasteiger partial charge >= 0.3 is 0 Å². The zero-order valence-electron chi connectivity index (χ0n) is 9.54. The van der Waals surface area contributed by atoms with Crippen LogP contribution in [0.5, 0.6) is 0 Å². The monoisotopic (exact) mass is 243 g/mol. The Morgan fingerprint density at radius 2 is 2.12 bits per heavy atom. The summed E-state index contributed by atoms with van der Waals surface area (Å²) >= 11 is 0. The van der Waals surface area contributed by atoms with Crippen molar-refractivity contribution in [3.05, 3.63) is 35.4 Å². The molecule has 0 aliphatic heterocycles. The first kappa shape index (κ1) is 13.6. The smallest absolute Gasteiger partial charge is 0.224 e. The molecule has 0 fully saturated rings. The van der Waals surface area contributed by atoms with Gasteiger partial charge in [-0.05, 0) is 24.1 Å². The maximum Gasteiger partial charge on any atom is 0.224 e. The second-order valence-electron chi connectivity index (χ2n) is 3.79. The predicted octanol–water partition coefficient (Wildman–Crippen LogP) is 1.39. The number of carbonyl (C=O) groups excluding carboxylic acids is 1. The second kappa shape index (κ2) is 6.30. The van der Waals surface area contributed by atoms with Crippen LogP contribution in [0.4, 0.5) is 8.78 Å². The SMILES string of the molecule is CCC(O)CNC(=O)Cc1ccc(F)c(F)c1. The van der Waals surface area contributed by atoms with Gasteiger partial charge in [0.25, 0.3) is 0 Å². The summed E-state index contributed by atoms with van der Waals surface area (Å²) in [7, 11) is 0. The quantitative estimate of drug-likeness (QED) is 0.821. The molecular formula is C12H15F2NO2. The molecule has 1 aromatic carbocycles. The zero-order chi connectivity index (χ0) is 12.8. The van der Waals surface area contributed by atoms with E-state index in [2.05, 4.69) is 5.32 Å². The molecule has 1 atom stereocenters. The van der Waals surface area contributed by atoms with E-state index in [1.54, 1.807) is 6.92 Å². The van der Waals surface area contributed by atoms with E-state index < -0.39 is 17.7 Å². The van der Waals surface area contributed by atoms with Crippen LogP contribution >= 0.6 is 0 Å². The molecule has 0 aromatic heterocycles. The summed E-state index contributed by atoms with van der Waals surface area (Å²) in [5.41, 5.74) is 0.396. The van der Waals surface area contributed by atoms with Crippen LogP contribution in [0.15, 0.2) is 18.2 Å². The van der Waals surface area contributed by atoms with Crippen LogP contribution in [-0.2, 0) is 11.2 Å². The van der Waals surface area contributed by atoms with Crippen molar-refractivity contribution in [3.63, 3.8) is 0 Å². The van der Waals surface area contributed by atoms with Crippen LogP contribution in [-0.4, -0.2) is 23.7 Å². The number of benzene rings is 1. The first-order chi connectivity index (χ1) is 8.02. The van der Waals surface area contributed by atoms with E-state index in [4.69, 9.17) is 0 Å². The van der Waals surface area contributed by atoms with Gasteiger partial charge in [-0.25, -0.2) is 8.78 Å². The standard InChI is InChI=1S/C12H15F2NO2/c1-2-9(16)7-15-12(17)6-8-3-4-10(13)11(14)5-8/h3-5,9,16H,2,6-7H2,1H3,(H,15,17). The van der Waals surface area contributed by atoms with Crippen LogP contribution < -0.4 is 5.32 Å². The third kappa shape index (κ3) is 4.48. The molecule has 5 heteroatoms. The lowest BCUT2D eigenvalue weighted by Crippen LogP contribution is -2.32. The summed E-state index contributed by atoms with van der Waals surface area (Å²) in [6.45, 7) is 1.96. The van der Waals surface area contributed by atoms with Crippen molar-refractivity contribution < 1.29 is 18.7 Å². The van der Waals surface area contributed by atoms with E-state index in [1.807, 2.05) is 0 Å². The van der Waals surface area contributed by atoms with Gasteiger partial charge in [0.2, 0.25) is 5.91 Å². The van der Waals surface area contributed by atoms with Gasteiger partial charge in [0, 0.05) is 6.54 Å². The van der Waals surface area contributed by atoms with Gasteiger partial charge in [-0.1, -0.05) is 13.0 Å². The highest BCUT2D eigenvalue weighted by molar-refractivity contribution is 5.78. The molecule has 0 saturated carbocycles. The highest BCUT2D eigenvalue weighted by atomic mass is 19.2. The third-order valence-corrected chi connectivity index (χ3v) is 2.35. The first-order valence-corrected chi connectivity index (χ1v) is 5.41. The maximum atomic E-state index is 12.9. The van der Waals surface area contributed by atoms with Crippen molar-refractivity contribution in [1.29, 1.82) is 0 Å². The number of amides is 1. The van der Waals surface area contributed by atoms with Gasteiger partial charge in [-0.3, -0.25) is 4.79 Å². The van der Waals surface area contributed by atoms with Crippen LogP contribution in [0.2, 0.25) is 0 Å². The average molecular weight is 243 g/mol. The normalized spacial score (nSPS) is 12.2. The van der Waals surface area contributed by atoms with Crippen molar-refractivity contribution in [3.8, 4) is 0 Å². The van der Waals surface area contributed by atoms with E-state index in [9.17, 15) is 18.7 Å². The fourth-order valence-corrected chi connectivity index (χ4v) is 1.27. The van der Waals surface area contributed by atoms with Crippen LogP contribution in [0.1, 0.15) is 18.9 Å². The highest BCUT2D eigenvalue weighted by Gasteiger charge is 2.08. The average Bonchev–Trinajstić information content (AvgIpc) is 2.31. The summed E-state index contributed by atoms with van der Waals surface area (Å²) in [5.74, 6) is -2.23. The number of nitrogens with one attached hydrogen (secondary N) is 1. The molecular weight excluding hydrogens is 228 g/mol. The Kier molecular flexibility index (Phi) is 5.03. The van der Waals surface area contributed by atoms with Crippen molar-refractivity contribution in [2.45, 2.75) is 25.9 Å². The minimum absolute atomic E-state index is 0.0341. The van der Waals surface area contributed by atoms with Crippen molar-refractivity contribution >= 4 is 5.91 Å². The van der Waals surface area contributed by atoms with Crippen molar-refractivity contribution in [2.24, 2.45) is 0 Å². The summed E-state index contributed by atoms with van der Waals surface area (Å²) < 4.78 is 25.5. The van der Waals surface area contributed by atoms with E-state index in [0.29, 0.717) is 12.0 Å². The summed E-state index contributed by atoms with van der Waals surface area (Å²) in [4.78, 5) is 11.4.